The molecule has 9 nitrogen and oxygen atoms in total. The fraction of sp³-hybridized carbons (Fsp3) is 0.357. The number of nitrogens with one attached hydrogen (secondary N) is 2. The Morgan fingerprint density at radius 3 is 2.79 bits per heavy atom. The van der Waals surface area contributed by atoms with Gasteiger partial charge in [0.2, 0.25) is 11.9 Å². The molecule has 2 heterocycles. The van der Waals surface area contributed by atoms with Crippen LogP contribution in [0.25, 0.3) is 11.3 Å². The molecule has 0 fully saturated rings. The third-order valence-electron chi connectivity index (χ3n) is 6.54. The molecular weight excluding hydrogens is 502 g/mol. The van der Waals surface area contributed by atoms with Crippen LogP contribution in [0.5, 0.6) is 0 Å². The van der Waals surface area contributed by atoms with Crippen LogP contribution in [-0.4, -0.2) is 66.2 Å². The normalized spacial score (nSPS) is 13.3. The number of rotatable bonds is 9. The van der Waals surface area contributed by atoms with E-state index in [1.54, 1.807) is 23.2 Å². The van der Waals surface area contributed by atoms with Gasteiger partial charge in [0.05, 0.1) is 34.2 Å². The molecule has 1 unspecified atom stereocenters. The van der Waals surface area contributed by atoms with Crippen molar-refractivity contribution in [2.45, 2.75) is 20.3 Å². The maximum atomic E-state index is 12.7. The molecule has 0 saturated carbocycles. The van der Waals surface area contributed by atoms with Gasteiger partial charge in [-0.1, -0.05) is 24.6 Å². The van der Waals surface area contributed by atoms with Crippen molar-refractivity contribution < 1.29 is 9.90 Å². The molecule has 0 radical (unpaired) electrons. The van der Waals surface area contributed by atoms with Gasteiger partial charge in [-0.15, -0.1) is 0 Å². The summed E-state index contributed by atoms with van der Waals surface area (Å²) in [6.45, 7) is 5.50. The molecule has 0 bridgehead atoms. The molecule has 1 amide bonds. The molecule has 10 heteroatoms. The smallest absolute Gasteiger partial charge is 0.241 e. The number of aliphatic hydroxyl groups is 1. The SMILES string of the molecule is Cc1c(Nc2nccc(-c3ccc(NCC(C)CO)c(C#N)c3)n2)cc(Cl)c2c1CCN2C(=O)CN(C)C. The molecule has 198 valence electrons. The number of nitrogens with zero attached hydrogens (tertiary/aromatic N) is 5. The lowest BCUT2D eigenvalue weighted by Crippen LogP contribution is -2.36. The first-order valence-electron chi connectivity index (χ1n) is 12.5. The van der Waals surface area contributed by atoms with Crippen LogP contribution in [-0.2, 0) is 11.2 Å². The van der Waals surface area contributed by atoms with Gasteiger partial charge < -0.3 is 25.5 Å². The predicted octanol–water partition coefficient (Wildman–Crippen LogP) is 4.21. The minimum atomic E-state index is 0.0210. The Balaban J connectivity index is 1.57. The third-order valence-corrected chi connectivity index (χ3v) is 6.83. The number of carbonyl (C=O) groups excluding carboxylic acids is 1. The van der Waals surface area contributed by atoms with Crippen LogP contribution in [0.1, 0.15) is 23.6 Å². The zero-order chi connectivity index (χ0) is 27.4. The van der Waals surface area contributed by atoms with Gasteiger partial charge in [0.1, 0.15) is 6.07 Å². The molecule has 1 aliphatic heterocycles. The maximum Gasteiger partial charge on any atom is 0.241 e. The second kappa shape index (κ2) is 11.8. The summed E-state index contributed by atoms with van der Waals surface area (Å²) in [5.74, 6) is 0.500. The topological polar surface area (TPSA) is 117 Å². The number of hydrogen-bond donors (Lipinski definition) is 3. The maximum absolute atomic E-state index is 12.7. The molecule has 0 saturated heterocycles. The number of benzene rings is 2. The summed E-state index contributed by atoms with van der Waals surface area (Å²) in [6, 6.07) is 11.4. The fourth-order valence-electron chi connectivity index (χ4n) is 4.46. The third kappa shape index (κ3) is 5.89. The monoisotopic (exact) mass is 533 g/mol. The number of aromatic nitrogens is 2. The van der Waals surface area contributed by atoms with Gasteiger partial charge in [0.25, 0.3) is 0 Å². The summed E-state index contributed by atoms with van der Waals surface area (Å²) in [5.41, 5.74) is 6.26. The number of hydrogen-bond acceptors (Lipinski definition) is 8. The molecular formula is C28H32ClN7O2. The van der Waals surface area contributed by atoms with E-state index in [0.717, 1.165) is 34.5 Å². The molecule has 1 atom stereocenters. The van der Waals surface area contributed by atoms with Gasteiger partial charge in [-0.3, -0.25) is 4.79 Å². The van der Waals surface area contributed by atoms with E-state index in [9.17, 15) is 15.2 Å². The van der Waals surface area contributed by atoms with Gasteiger partial charge >= 0.3 is 0 Å². The highest BCUT2D eigenvalue weighted by Crippen LogP contribution is 2.41. The fourth-order valence-corrected chi connectivity index (χ4v) is 4.78. The molecule has 2 aromatic carbocycles. The number of fused-ring (bicyclic) bond motifs is 1. The van der Waals surface area contributed by atoms with Crippen molar-refractivity contribution in [3.8, 4) is 17.3 Å². The molecule has 0 spiro atoms. The number of halogens is 1. The van der Waals surface area contributed by atoms with Crippen molar-refractivity contribution in [3.63, 3.8) is 0 Å². The van der Waals surface area contributed by atoms with Crippen LogP contribution in [0.2, 0.25) is 5.02 Å². The van der Waals surface area contributed by atoms with Crippen LogP contribution in [0.3, 0.4) is 0 Å². The second-order valence-corrected chi connectivity index (χ2v) is 10.2. The van der Waals surface area contributed by atoms with E-state index in [4.69, 9.17) is 11.6 Å². The number of nitriles is 1. The van der Waals surface area contributed by atoms with Crippen LogP contribution in [0.15, 0.2) is 36.5 Å². The Labute approximate surface area is 228 Å². The summed E-state index contributed by atoms with van der Waals surface area (Å²) in [4.78, 5) is 25.4. The Morgan fingerprint density at radius 2 is 2.08 bits per heavy atom. The van der Waals surface area contributed by atoms with E-state index in [-0.39, 0.29) is 18.4 Å². The number of anilines is 4. The highest BCUT2D eigenvalue weighted by Gasteiger charge is 2.30. The highest BCUT2D eigenvalue weighted by molar-refractivity contribution is 6.34. The first-order chi connectivity index (χ1) is 18.2. The predicted molar refractivity (Wildman–Crippen MR) is 151 cm³/mol. The molecule has 0 aliphatic carbocycles. The molecule has 3 aromatic rings. The van der Waals surface area contributed by atoms with Crippen molar-refractivity contribution in [1.29, 1.82) is 5.26 Å². The van der Waals surface area contributed by atoms with E-state index in [1.165, 1.54) is 0 Å². The van der Waals surface area contributed by atoms with Gasteiger partial charge in [-0.05, 0) is 68.8 Å². The highest BCUT2D eigenvalue weighted by atomic mass is 35.5. The van der Waals surface area contributed by atoms with Crippen LogP contribution >= 0.6 is 11.6 Å². The standard InChI is InChI=1S/C28H32ClN7O2/c1-17(16-37)14-32-23-6-5-19(11-20(23)13-30)24-7-9-31-28(33-24)34-25-12-22(29)27-21(18(25)2)8-10-36(27)26(38)15-35(3)4/h5-7,9,11-12,17,32,37H,8,10,14-16H2,1-4H3,(H,31,33,34). The van der Waals surface area contributed by atoms with E-state index in [1.807, 2.05) is 51.0 Å². The van der Waals surface area contributed by atoms with Crippen LogP contribution in [0, 0.1) is 24.2 Å². The molecule has 3 N–H and O–H groups in total. The average molecular weight is 534 g/mol. The molecule has 4 rings (SSSR count). The summed E-state index contributed by atoms with van der Waals surface area (Å²) in [6.07, 6.45) is 2.39. The van der Waals surface area contributed by atoms with Gasteiger partial charge in [0, 0.05) is 37.1 Å². The minimum absolute atomic E-state index is 0.0210. The number of carbonyl (C=O) groups is 1. The number of likely N-dealkylation sites (N-methyl/N-ethyl adjacent to an activating group) is 1. The quantitative estimate of drug-likeness (QED) is 0.374. The largest absolute Gasteiger partial charge is 0.396 e. The van der Waals surface area contributed by atoms with Gasteiger partial charge in [-0.25, -0.2) is 9.97 Å². The van der Waals surface area contributed by atoms with Crippen molar-refractivity contribution >= 4 is 40.5 Å². The van der Waals surface area contributed by atoms with Crippen molar-refractivity contribution in [3.05, 3.63) is 58.2 Å². The molecule has 1 aromatic heterocycles. The Hall–Kier alpha value is -3.71. The van der Waals surface area contributed by atoms with Gasteiger partial charge in [-0.2, -0.15) is 5.26 Å². The lowest BCUT2D eigenvalue weighted by atomic mass is 10.0. The van der Waals surface area contributed by atoms with Crippen molar-refractivity contribution in [1.82, 2.24) is 14.9 Å². The van der Waals surface area contributed by atoms with Crippen molar-refractivity contribution in [2.75, 3.05) is 55.9 Å². The summed E-state index contributed by atoms with van der Waals surface area (Å²) >= 11 is 6.68. The van der Waals surface area contributed by atoms with E-state index in [2.05, 4.69) is 26.7 Å². The first kappa shape index (κ1) is 27.3. The lowest BCUT2D eigenvalue weighted by molar-refractivity contribution is -0.119. The summed E-state index contributed by atoms with van der Waals surface area (Å²) < 4.78 is 0. The Kier molecular flexibility index (Phi) is 8.47. The average Bonchev–Trinajstić information content (AvgIpc) is 3.36. The summed E-state index contributed by atoms with van der Waals surface area (Å²) in [5, 5.41) is 25.9. The lowest BCUT2D eigenvalue weighted by Gasteiger charge is -2.22. The number of amides is 1. The molecule has 1 aliphatic rings. The van der Waals surface area contributed by atoms with E-state index >= 15 is 0 Å². The molecule has 38 heavy (non-hydrogen) atoms. The van der Waals surface area contributed by atoms with Gasteiger partial charge in [0.15, 0.2) is 0 Å². The van der Waals surface area contributed by atoms with E-state index in [0.29, 0.717) is 47.6 Å². The van der Waals surface area contributed by atoms with Crippen molar-refractivity contribution in [2.24, 2.45) is 5.92 Å². The van der Waals surface area contributed by atoms with E-state index < -0.39 is 0 Å². The minimum Gasteiger partial charge on any atom is -0.396 e. The first-order valence-corrected chi connectivity index (χ1v) is 12.9. The Morgan fingerprint density at radius 1 is 1.29 bits per heavy atom. The number of aliphatic hydroxyl groups excluding tert-OH is 1. The zero-order valence-corrected chi connectivity index (χ0v) is 22.8. The Bertz CT molecular complexity index is 1390. The zero-order valence-electron chi connectivity index (χ0n) is 22.0. The van der Waals surface area contributed by atoms with Crippen LogP contribution < -0.4 is 15.5 Å². The van der Waals surface area contributed by atoms with Crippen LogP contribution in [0.4, 0.5) is 23.0 Å². The summed E-state index contributed by atoms with van der Waals surface area (Å²) in [7, 11) is 3.74. The second-order valence-electron chi connectivity index (χ2n) is 9.82.